The van der Waals surface area contributed by atoms with E-state index in [1.54, 1.807) is 7.11 Å². The fraction of sp³-hybridized carbons (Fsp3) is 0.643. The molecule has 0 saturated heterocycles. The Morgan fingerprint density at radius 1 is 1.25 bits per heavy atom. The Morgan fingerprint density at radius 2 is 1.90 bits per heavy atom. The summed E-state index contributed by atoms with van der Waals surface area (Å²) in [6.07, 6.45) is 1.51. The maximum absolute atomic E-state index is 5.44. The van der Waals surface area contributed by atoms with Gasteiger partial charge in [0.1, 0.15) is 11.8 Å². The van der Waals surface area contributed by atoms with E-state index in [1.807, 2.05) is 0 Å². The summed E-state index contributed by atoms with van der Waals surface area (Å²) in [5, 5.41) is 0. The van der Waals surface area contributed by atoms with Crippen LogP contribution in [-0.2, 0) is 6.54 Å². The van der Waals surface area contributed by atoms with Crippen LogP contribution in [0.5, 0.6) is 5.88 Å². The average molecular weight is 294 g/mol. The predicted octanol–water partition coefficient (Wildman–Crippen LogP) is 3.43. The number of nitrogens with one attached hydrogen (secondary N) is 1. The number of fused-ring (bicyclic) bond motifs is 1. The Bertz CT molecular complexity index is 636. The number of nitrogens with zero attached hydrogens (tertiary/aromatic N) is 3. The summed E-state index contributed by atoms with van der Waals surface area (Å²) in [5.74, 6) is 2.25. The van der Waals surface area contributed by atoms with Gasteiger partial charge in [-0.25, -0.2) is 4.98 Å². The molecule has 0 spiro atoms. The summed E-state index contributed by atoms with van der Waals surface area (Å²) < 4.78 is 7.98. The summed E-state index contributed by atoms with van der Waals surface area (Å²) in [7, 11) is 1.60. The highest BCUT2D eigenvalue weighted by molar-refractivity contribution is 7.71. The monoisotopic (exact) mass is 294 g/mol. The van der Waals surface area contributed by atoms with Crippen molar-refractivity contribution in [3.63, 3.8) is 0 Å². The van der Waals surface area contributed by atoms with Crippen LogP contribution in [-0.4, -0.2) is 26.6 Å². The highest BCUT2D eigenvalue weighted by Gasteiger charge is 2.21. The molecule has 20 heavy (non-hydrogen) atoms. The summed E-state index contributed by atoms with van der Waals surface area (Å²) >= 11 is 5.44. The van der Waals surface area contributed by atoms with Crippen LogP contribution < -0.4 is 4.74 Å². The minimum Gasteiger partial charge on any atom is -0.479 e. The molecule has 0 aliphatic heterocycles. The van der Waals surface area contributed by atoms with E-state index in [4.69, 9.17) is 17.0 Å². The molecule has 0 aliphatic carbocycles. The molecule has 2 rings (SSSR count). The summed E-state index contributed by atoms with van der Waals surface area (Å²) in [6, 6.07) is 0. The first kappa shape index (κ1) is 15.0. The third-order valence-electron chi connectivity index (χ3n) is 3.82. The molecule has 0 atom stereocenters. The highest BCUT2D eigenvalue weighted by Crippen LogP contribution is 2.26. The standard InChI is InChI=1S/C14H22N4OS/c1-8(2)10(9(3)4)6-18-12-11(17-14(18)20)13(19-5)16-7-15-12/h7-10H,6H2,1-5H3,(H,17,20). The third kappa shape index (κ3) is 2.70. The third-order valence-corrected chi connectivity index (χ3v) is 4.15. The zero-order valence-electron chi connectivity index (χ0n) is 12.7. The van der Waals surface area contributed by atoms with E-state index in [1.165, 1.54) is 6.33 Å². The van der Waals surface area contributed by atoms with E-state index in [9.17, 15) is 0 Å². The highest BCUT2D eigenvalue weighted by atomic mass is 32.1. The molecule has 0 amide bonds. The van der Waals surface area contributed by atoms with E-state index in [2.05, 4.69) is 47.2 Å². The molecule has 0 radical (unpaired) electrons. The first-order valence-corrected chi connectivity index (χ1v) is 7.34. The van der Waals surface area contributed by atoms with E-state index in [0.717, 1.165) is 17.7 Å². The molecule has 0 saturated carbocycles. The Balaban J connectivity index is 2.49. The minimum atomic E-state index is 0.533. The van der Waals surface area contributed by atoms with E-state index < -0.39 is 0 Å². The molecule has 2 heterocycles. The SMILES string of the molecule is COc1ncnc2c1[nH]c(=S)n2CC(C(C)C)C(C)C. The molecule has 2 aromatic rings. The molecular formula is C14H22N4OS. The molecule has 0 fully saturated rings. The number of imidazole rings is 1. The number of H-pyrrole nitrogens is 1. The van der Waals surface area contributed by atoms with E-state index >= 15 is 0 Å². The lowest BCUT2D eigenvalue weighted by atomic mass is 9.85. The van der Waals surface area contributed by atoms with Crippen molar-refractivity contribution in [2.24, 2.45) is 17.8 Å². The first-order valence-electron chi connectivity index (χ1n) is 6.93. The van der Waals surface area contributed by atoms with Crippen LogP contribution in [0.2, 0.25) is 0 Å². The van der Waals surface area contributed by atoms with Crippen LogP contribution in [0.3, 0.4) is 0 Å². The van der Waals surface area contributed by atoms with Crippen LogP contribution in [0.4, 0.5) is 0 Å². The molecular weight excluding hydrogens is 272 g/mol. The van der Waals surface area contributed by atoms with Gasteiger partial charge in [-0.05, 0) is 30.0 Å². The average Bonchev–Trinajstić information content (AvgIpc) is 2.70. The maximum atomic E-state index is 5.44. The molecule has 0 bridgehead atoms. The normalized spacial score (nSPS) is 12.0. The fourth-order valence-corrected chi connectivity index (χ4v) is 2.93. The fourth-order valence-electron chi connectivity index (χ4n) is 2.67. The van der Waals surface area contributed by atoms with Crippen molar-refractivity contribution in [2.45, 2.75) is 34.2 Å². The van der Waals surface area contributed by atoms with Crippen LogP contribution in [0.15, 0.2) is 6.33 Å². The lowest BCUT2D eigenvalue weighted by Crippen LogP contribution is -2.22. The lowest BCUT2D eigenvalue weighted by Gasteiger charge is -2.25. The Kier molecular flexibility index (Phi) is 4.42. The van der Waals surface area contributed by atoms with Crippen molar-refractivity contribution in [1.82, 2.24) is 19.5 Å². The molecule has 0 aliphatic rings. The van der Waals surface area contributed by atoms with Gasteiger partial charge >= 0.3 is 0 Å². The Hall–Kier alpha value is -1.43. The van der Waals surface area contributed by atoms with Gasteiger partial charge in [-0.15, -0.1) is 0 Å². The number of ether oxygens (including phenoxy) is 1. The topological polar surface area (TPSA) is 55.7 Å². The minimum absolute atomic E-state index is 0.533. The smallest absolute Gasteiger partial charge is 0.242 e. The van der Waals surface area contributed by atoms with Crippen molar-refractivity contribution in [3.8, 4) is 5.88 Å². The second-order valence-electron chi connectivity index (χ2n) is 5.77. The van der Waals surface area contributed by atoms with Gasteiger partial charge in [0, 0.05) is 6.54 Å². The van der Waals surface area contributed by atoms with E-state index in [-0.39, 0.29) is 0 Å². The van der Waals surface area contributed by atoms with Crippen molar-refractivity contribution in [1.29, 1.82) is 0 Å². The lowest BCUT2D eigenvalue weighted by molar-refractivity contribution is 0.253. The Labute approximate surface area is 124 Å². The van der Waals surface area contributed by atoms with Gasteiger partial charge in [-0.3, -0.25) is 0 Å². The molecule has 2 aromatic heterocycles. The first-order chi connectivity index (χ1) is 9.45. The van der Waals surface area contributed by atoms with Gasteiger partial charge in [-0.1, -0.05) is 27.7 Å². The second kappa shape index (κ2) is 5.91. The second-order valence-corrected chi connectivity index (χ2v) is 6.16. The molecule has 1 N–H and O–H groups in total. The van der Waals surface area contributed by atoms with Crippen LogP contribution in [0.1, 0.15) is 27.7 Å². The van der Waals surface area contributed by atoms with Gasteiger partial charge < -0.3 is 14.3 Å². The maximum Gasteiger partial charge on any atom is 0.242 e. The number of rotatable bonds is 5. The van der Waals surface area contributed by atoms with Gasteiger partial charge in [0.2, 0.25) is 5.88 Å². The number of hydrogen-bond donors (Lipinski definition) is 1. The molecule has 0 aromatic carbocycles. The number of aromatic amines is 1. The van der Waals surface area contributed by atoms with Crippen LogP contribution in [0, 0.1) is 22.5 Å². The van der Waals surface area contributed by atoms with Crippen molar-refractivity contribution >= 4 is 23.4 Å². The Morgan fingerprint density at radius 3 is 2.45 bits per heavy atom. The van der Waals surface area contributed by atoms with Gasteiger partial charge in [0.15, 0.2) is 10.4 Å². The molecule has 110 valence electrons. The van der Waals surface area contributed by atoms with E-state index in [0.29, 0.717) is 28.4 Å². The predicted molar refractivity (Wildman–Crippen MR) is 82.4 cm³/mol. The zero-order chi connectivity index (χ0) is 14.9. The zero-order valence-corrected chi connectivity index (χ0v) is 13.5. The molecule has 6 heteroatoms. The number of hydrogen-bond acceptors (Lipinski definition) is 4. The van der Waals surface area contributed by atoms with Crippen LogP contribution in [0.25, 0.3) is 11.2 Å². The van der Waals surface area contributed by atoms with Gasteiger partial charge in [-0.2, -0.15) is 4.98 Å². The van der Waals surface area contributed by atoms with Gasteiger partial charge in [0.25, 0.3) is 0 Å². The summed E-state index contributed by atoms with van der Waals surface area (Å²) in [6.45, 7) is 9.85. The summed E-state index contributed by atoms with van der Waals surface area (Å²) in [5.41, 5.74) is 1.58. The molecule has 5 nitrogen and oxygen atoms in total. The van der Waals surface area contributed by atoms with Crippen LogP contribution >= 0.6 is 12.2 Å². The quantitative estimate of drug-likeness (QED) is 0.858. The number of methoxy groups -OCH3 is 1. The summed E-state index contributed by atoms with van der Waals surface area (Å²) in [4.78, 5) is 11.6. The molecule has 0 unspecified atom stereocenters. The van der Waals surface area contributed by atoms with Crippen molar-refractivity contribution in [2.75, 3.05) is 7.11 Å². The van der Waals surface area contributed by atoms with Gasteiger partial charge in [0.05, 0.1) is 7.11 Å². The van der Waals surface area contributed by atoms with Crippen molar-refractivity contribution < 1.29 is 4.74 Å². The number of aromatic nitrogens is 4. The largest absolute Gasteiger partial charge is 0.479 e. The van der Waals surface area contributed by atoms with Crippen molar-refractivity contribution in [3.05, 3.63) is 11.1 Å².